The monoisotopic (exact) mass is 428 g/mol. The van der Waals surface area contributed by atoms with Gasteiger partial charge in [-0.25, -0.2) is 0 Å². The van der Waals surface area contributed by atoms with E-state index >= 15 is 0 Å². The number of halogens is 1. The third-order valence-electron chi connectivity index (χ3n) is 3.94. The molecule has 1 rings (SSSR count). The lowest BCUT2D eigenvalue weighted by Crippen LogP contribution is -2.54. The molecule has 4 nitrogen and oxygen atoms in total. The van der Waals surface area contributed by atoms with Gasteiger partial charge in [-0.05, 0) is 58.2 Å². The number of rotatable bonds is 7. The van der Waals surface area contributed by atoms with E-state index < -0.39 is 0 Å². The number of guanidine groups is 1. The van der Waals surface area contributed by atoms with Crippen LogP contribution in [0.4, 0.5) is 0 Å². The summed E-state index contributed by atoms with van der Waals surface area (Å²) in [6.07, 6.45) is 7.39. The van der Waals surface area contributed by atoms with Gasteiger partial charge >= 0.3 is 0 Å². The molecule has 0 unspecified atom stereocenters. The van der Waals surface area contributed by atoms with E-state index in [1.54, 1.807) is 0 Å². The summed E-state index contributed by atoms with van der Waals surface area (Å²) in [4.78, 5) is 6.90. The molecule has 6 heteroatoms. The Hall–Kier alpha value is 0.310. The normalized spacial score (nSPS) is 17.2. The number of nitrogens with one attached hydrogen (secondary N) is 2. The second-order valence-corrected chi connectivity index (χ2v) is 7.04. The summed E-state index contributed by atoms with van der Waals surface area (Å²) in [5.74, 6) is 2.12. The number of aliphatic imine (C=N–C) groups is 1. The maximum absolute atomic E-state index is 4.30. The quantitative estimate of drug-likeness (QED) is 0.283. The van der Waals surface area contributed by atoms with E-state index in [1.807, 2.05) is 18.8 Å². The number of nitrogens with zero attached hydrogens (tertiary/aromatic N) is 2. The molecule has 0 atom stereocenters. The van der Waals surface area contributed by atoms with Crippen molar-refractivity contribution >= 4 is 41.7 Å². The van der Waals surface area contributed by atoms with Crippen molar-refractivity contribution in [3.8, 4) is 0 Å². The lowest BCUT2D eigenvalue weighted by atomic mass is 9.98. The predicted octanol–water partition coefficient (Wildman–Crippen LogP) is 2.79. The zero-order chi connectivity index (χ0) is 14.8. The number of hydrogen-bond donors (Lipinski definition) is 2. The first-order chi connectivity index (χ1) is 9.60. The maximum Gasteiger partial charge on any atom is 0.191 e. The Bertz CT molecular complexity index is 291. The molecule has 0 bridgehead atoms. The summed E-state index contributed by atoms with van der Waals surface area (Å²) in [6, 6.07) is 0. The number of hydrogen-bond acceptors (Lipinski definition) is 3. The van der Waals surface area contributed by atoms with Crippen molar-refractivity contribution in [2.75, 3.05) is 45.2 Å². The number of thioether (sulfide) groups is 1. The molecule has 0 saturated carbocycles. The van der Waals surface area contributed by atoms with Gasteiger partial charge in [0.2, 0.25) is 0 Å². The Morgan fingerprint density at radius 1 is 1.19 bits per heavy atom. The van der Waals surface area contributed by atoms with Crippen LogP contribution in [-0.4, -0.2) is 61.6 Å². The van der Waals surface area contributed by atoms with Crippen LogP contribution in [0.5, 0.6) is 0 Å². The topological polar surface area (TPSA) is 39.7 Å². The van der Waals surface area contributed by atoms with Gasteiger partial charge in [-0.3, -0.25) is 9.89 Å². The Morgan fingerprint density at radius 3 is 2.43 bits per heavy atom. The van der Waals surface area contributed by atoms with Gasteiger partial charge in [0.05, 0.1) is 0 Å². The molecule has 0 aromatic heterocycles. The molecular formula is C15H33IN4S. The van der Waals surface area contributed by atoms with E-state index in [0.717, 1.165) is 19.0 Å². The van der Waals surface area contributed by atoms with Crippen LogP contribution >= 0.6 is 35.7 Å². The molecule has 0 aliphatic carbocycles. The van der Waals surface area contributed by atoms with E-state index in [0.29, 0.717) is 0 Å². The lowest BCUT2D eigenvalue weighted by molar-refractivity contribution is 0.0982. The van der Waals surface area contributed by atoms with Crippen molar-refractivity contribution in [2.24, 2.45) is 4.99 Å². The molecule has 0 spiro atoms. The largest absolute Gasteiger partial charge is 0.356 e. The van der Waals surface area contributed by atoms with Gasteiger partial charge in [0, 0.05) is 25.7 Å². The summed E-state index contributed by atoms with van der Waals surface area (Å²) in [6.45, 7) is 9.04. The lowest BCUT2D eigenvalue weighted by Gasteiger charge is -2.41. The molecule has 0 aromatic rings. The van der Waals surface area contributed by atoms with Crippen LogP contribution in [0.3, 0.4) is 0 Å². The van der Waals surface area contributed by atoms with Crippen LogP contribution < -0.4 is 10.6 Å². The van der Waals surface area contributed by atoms with Gasteiger partial charge in [-0.15, -0.1) is 24.0 Å². The molecular weight excluding hydrogens is 395 g/mol. The van der Waals surface area contributed by atoms with Crippen LogP contribution in [0.2, 0.25) is 0 Å². The van der Waals surface area contributed by atoms with Crippen molar-refractivity contribution < 1.29 is 0 Å². The second-order valence-electron chi connectivity index (χ2n) is 6.06. The zero-order valence-electron chi connectivity index (χ0n) is 14.1. The summed E-state index contributed by atoms with van der Waals surface area (Å²) in [5, 5.41) is 6.86. The SMILES string of the molecule is CN=C(NCCCSC)NCC(C)(C)N1CCCCC1.I. The molecule has 2 N–H and O–H groups in total. The highest BCUT2D eigenvalue weighted by Gasteiger charge is 2.27. The molecule has 1 saturated heterocycles. The molecule has 1 aliphatic rings. The van der Waals surface area contributed by atoms with E-state index in [9.17, 15) is 0 Å². The molecule has 0 amide bonds. The Labute approximate surface area is 152 Å². The summed E-state index contributed by atoms with van der Waals surface area (Å²) < 4.78 is 0. The summed E-state index contributed by atoms with van der Waals surface area (Å²) >= 11 is 1.89. The fourth-order valence-corrected chi connectivity index (χ4v) is 2.99. The van der Waals surface area contributed by atoms with E-state index in [2.05, 4.69) is 40.6 Å². The van der Waals surface area contributed by atoms with Crippen LogP contribution in [0.1, 0.15) is 39.5 Å². The van der Waals surface area contributed by atoms with Crippen LogP contribution in [-0.2, 0) is 0 Å². The fraction of sp³-hybridized carbons (Fsp3) is 0.933. The van der Waals surface area contributed by atoms with Gasteiger partial charge < -0.3 is 10.6 Å². The van der Waals surface area contributed by atoms with Crippen LogP contribution in [0, 0.1) is 0 Å². The molecule has 1 fully saturated rings. The van der Waals surface area contributed by atoms with E-state index in [-0.39, 0.29) is 29.5 Å². The average Bonchev–Trinajstić information content (AvgIpc) is 2.47. The molecule has 1 aliphatic heterocycles. The zero-order valence-corrected chi connectivity index (χ0v) is 17.2. The fourth-order valence-electron chi connectivity index (χ4n) is 2.55. The summed E-state index contributed by atoms with van der Waals surface area (Å²) in [7, 11) is 1.85. The molecule has 0 radical (unpaired) electrons. The van der Waals surface area contributed by atoms with Crippen molar-refractivity contribution in [2.45, 2.75) is 45.1 Å². The highest BCUT2D eigenvalue weighted by molar-refractivity contribution is 14.0. The second kappa shape index (κ2) is 11.8. The van der Waals surface area contributed by atoms with Gasteiger partial charge in [-0.1, -0.05) is 6.42 Å². The smallest absolute Gasteiger partial charge is 0.191 e. The van der Waals surface area contributed by atoms with Gasteiger partial charge in [0.25, 0.3) is 0 Å². The van der Waals surface area contributed by atoms with Gasteiger partial charge in [0.15, 0.2) is 5.96 Å². The minimum absolute atomic E-state index is 0. The Morgan fingerprint density at radius 2 is 1.86 bits per heavy atom. The van der Waals surface area contributed by atoms with Gasteiger partial charge in [-0.2, -0.15) is 11.8 Å². The highest BCUT2D eigenvalue weighted by Crippen LogP contribution is 2.19. The van der Waals surface area contributed by atoms with Crippen LogP contribution in [0.15, 0.2) is 4.99 Å². The predicted molar refractivity (Wildman–Crippen MR) is 107 cm³/mol. The number of likely N-dealkylation sites (tertiary alicyclic amines) is 1. The van der Waals surface area contributed by atoms with Crippen molar-refractivity contribution in [1.82, 2.24) is 15.5 Å². The van der Waals surface area contributed by atoms with Crippen molar-refractivity contribution in [1.29, 1.82) is 0 Å². The molecule has 1 heterocycles. The molecule has 0 aromatic carbocycles. The third kappa shape index (κ3) is 8.50. The van der Waals surface area contributed by atoms with Gasteiger partial charge in [0.1, 0.15) is 0 Å². The minimum Gasteiger partial charge on any atom is -0.356 e. The number of piperidine rings is 1. The first kappa shape index (κ1) is 21.3. The minimum atomic E-state index is 0. The Kier molecular flexibility index (Phi) is 12.0. The van der Waals surface area contributed by atoms with E-state index in [1.165, 1.54) is 44.5 Å². The first-order valence-electron chi connectivity index (χ1n) is 7.78. The molecule has 126 valence electrons. The first-order valence-corrected chi connectivity index (χ1v) is 9.18. The maximum atomic E-state index is 4.30. The average molecular weight is 428 g/mol. The van der Waals surface area contributed by atoms with Crippen molar-refractivity contribution in [3.63, 3.8) is 0 Å². The van der Waals surface area contributed by atoms with E-state index in [4.69, 9.17) is 0 Å². The highest BCUT2D eigenvalue weighted by atomic mass is 127. The summed E-state index contributed by atoms with van der Waals surface area (Å²) in [5.41, 5.74) is 0.192. The van der Waals surface area contributed by atoms with Crippen LogP contribution in [0.25, 0.3) is 0 Å². The Balaban J connectivity index is 0.00000400. The third-order valence-corrected chi connectivity index (χ3v) is 4.64. The van der Waals surface area contributed by atoms with Crippen molar-refractivity contribution in [3.05, 3.63) is 0 Å². The molecule has 21 heavy (non-hydrogen) atoms. The standard InChI is InChI=1S/C15H32N4S.HI/c1-15(2,19-10-6-5-7-11-19)13-18-14(16-3)17-9-8-12-20-4;/h5-13H2,1-4H3,(H2,16,17,18);1H.